The summed E-state index contributed by atoms with van der Waals surface area (Å²) in [5.74, 6) is 0.770. The Morgan fingerprint density at radius 2 is 1.79 bits per heavy atom. The van der Waals surface area contributed by atoms with Crippen LogP contribution in [0, 0.1) is 0 Å². The van der Waals surface area contributed by atoms with Crippen LogP contribution in [0.25, 0.3) is 29.1 Å². The quantitative estimate of drug-likeness (QED) is 0.586. The molecule has 0 fully saturated rings. The maximum absolute atomic E-state index is 13.1. The summed E-state index contributed by atoms with van der Waals surface area (Å²) in [7, 11) is 0. The third-order valence-electron chi connectivity index (χ3n) is 4.70. The summed E-state index contributed by atoms with van der Waals surface area (Å²) in [4.78, 5) is 13.1. The van der Waals surface area contributed by atoms with E-state index in [0.717, 1.165) is 34.2 Å². The predicted molar refractivity (Wildman–Crippen MR) is 114 cm³/mol. The monoisotopic (exact) mass is 370 g/mol. The fourth-order valence-corrected chi connectivity index (χ4v) is 3.31. The molecule has 140 valence electrons. The van der Waals surface area contributed by atoms with E-state index in [1.807, 2.05) is 66.7 Å². The number of aromatic amines is 1. The lowest BCUT2D eigenvalue weighted by Crippen LogP contribution is -2.34. The van der Waals surface area contributed by atoms with Gasteiger partial charge in [0.25, 0.3) is 5.56 Å². The van der Waals surface area contributed by atoms with Gasteiger partial charge in [-0.3, -0.25) is 9.89 Å². The van der Waals surface area contributed by atoms with Gasteiger partial charge in [-0.2, -0.15) is 0 Å². The van der Waals surface area contributed by atoms with Gasteiger partial charge in [0.2, 0.25) is 0 Å². The van der Waals surface area contributed by atoms with Crippen molar-refractivity contribution in [3.05, 3.63) is 93.2 Å². The van der Waals surface area contributed by atoms with Crippen molar-refractivity contribution < 1.29 is 4.74 Å². The van der Waals surface area contributed by atoms with Crippen molar-refractivity contribution in [1.29, 1.82) is 0 Å². The largest absolute Gasteiger partial charge is 0.493 e. The van der Waals surface area contributed by atoms with Gasteiger partial charge in [-0.05, 0) is 41.5 Å². The number of rotatable bonds is 5. The highest BCUT2D eigenvalue weighted by atomic mass is 16.5. The second-order valence-corrected chi connectivity index (χ2v) is 6.67. The van der Waals surface area contributed by atoms with E-state index in [-0.39, 0.29) is 5.56 Å². The Hall–Kier alpha value is -3.53. The lowest BCUT2D eigenvalue weighted by Gasteiger charge is -2.11. The molecule has 4 nitrogen and oxygen atoms in total. The summed E-state index contributed by atoms with van der Waals surface area (Å²) >= 11 is 0. The summed E-state index contributed by atoms with van der Waals surface area (Å²) in [6.07, 6.45) is 2.80. The lowest BCUT2D eigenvalue weighted by atomic mass is 10.0. The van der Waals surface area contributed by atoms with Gasteiger partial charge < -0.3 is 4.74 Å². The third kappa shape index (κ3) is 3.25. The molecule has 0 aliphatic carbocycles. The smallest absolute Gasteiger partial charge is 0.279 e. The second kappa shape index (κ2) is 7.61. The molecule has 0 amide bonds. The summed E-state index contributed by atoms with van der Waals surface area (Å²) in [6.45, 7) is 6.74. The Balaban J connectivity index is 1.97. The van der Waals surface area contributed by atoms with Crippen LogP contribution >= 0.6 is 0 Å². The van der Waals surface area contributed by atoms with Gasteiger partial charge in [0.05, 0.1) is 22.9 Å². The van der Waals surface area contributed by atoms with E-state index in [9.17, 15) is 4.79 Å². The Bertz CT molecular complexity index is 1280. The van der Waals surface area contributed by atoms with E-state index in [2.05, 4.69) is 24.7 Å². The fraction of sp³-hybridized carbons (Fsp3) is 0.125. The van der Waals surface area contributed by atoms with Crippen molar-refractivity contribution in [3.63, 3.8) is 0 Å². The molecule has 0 spiro atoms. The summed E-state index contributed by atoms with van der Waals surface area (Å²) < 4.78 is 7.49. The standard InChI is InChI=1S/C24H22N2O2/c1-3-15-28-23-14-13-18-9-7-8-12-20(18)22(23)16-21-17(2)25-26(24(21)27)19-10-5-4-6-11-19/h4-14,16,25H,2-3,15H2,1H3/b21-16-. The molecule has 1 N–H and O–H groups in total. The van der Waals surface area contributed by atoms with Crippen LogP contribution in [0.1, 0.15) is 18.9 Å². The molecule has 1 aromatic heterocycles. The molecule has 4 rings (SSSR count). The maximum Gasteiger partial charge on any atom is 0.279 e. The zero-order valence-corrected chi connectivity index (χ0v) is 15.8. The average Bonchev–Trinajstić information content (AvgIpc) is 3.02. The van der Waals surface area contributed by atoms with Crippen molar-refractivity contribution in [2.75, 3.05) is 6.61 Å². The summed E-state index contributed by atoms with van der Waals surface area (Å²) in [6, 6.07) is 21.6. The Morgan fingerprint density at radius 3 is 2.57 bits per heavy atom. The molecule has 3 aromatic carbocycles. The third-order valence-corrected chi connectivity index (χ3v) is 4.70. The lowest BCUT2D eigenvalue weighted by molar-refractivity contribution is 0.317. The van der Waals surface area contributed by atoms with E-state index in [4.69, 9.17) is 4.74 Å². The molecule has 0 aliphatic rings. The number of nitrogens with one attached hydrogen (secondary N) is 1. The van der Waals surface area contributed by atoms with Gasteiger partial charge in [-0.15, -0.1) is 0 Å². The number of fused-ring (bicyclic) bond motifs is 1. The SMILES string of the molecule is C=c1[nH]n(-c2ccccc2)c(=O)/c1=C\c1c(OCCC)ccc2ccccc12. The van der Waals surface area contributed by atoms with Crippen LogP contribution in [-0.4, -0.2) is 16.4 Å². The van der Waals surface area contributed by atoms with Gasteiger partial charge in [-0.1, -0.05) is 62.0 Å². The van der Waals surface area contributed by atoms with Crippen LogP contribution in [0.5, 0.6) is 5.75 Å². The van der Waals surface area contributed by atoms with E-state index in [1.54, 1.807) is 0 Å². The molecular weight excluding hydrogens is 348 g/mol. The average molecular weight is 370 g/mol. The van der Waals surface area contributed by atoms with Crippen LogP contribution in [0.4, 0.5) is 0 Å². The van der Waals surface area contributed by atoms with Gasteiger partial charge in [-0.25, -0.2) is 4.68 Å². The minimum atomic E-state index is -0.134. The first kappa shape index (κ1) is 17.9. The molecule has 0 bridgehead atoms. The molecule has 4 aromatic rings. The molecule has 0 unspecified atom stereocenters. The first-order valence-electron chi connectivity index (χ1n) is 9.40. The summed E-state index contributed by atoms with van der Waals surface area (Å²) in [5, 5.41) is 6.33. The van der Waals surface area contributed by atoms with Crippen molar-refractivity contribution in [2.24, 2.45) is 0 Å². The molecule has 0 aliphatic heterocycles. The second-order valence-electron chi connectivity index (χ2n) is 6.67. The molecule has 0 saturated heterocycles. The molecular formula is C24H22N2O2. The first-order valence-corrected chi connectivity index (χ1v) is 9.40. The fourth-order valence-electron chi connectivity index (χ4n) is 3.31. The van der Waals surface area contributed by atoms with Crippen molar-refractivity contribution in [2.45, 2.75) is 13.3 Å². The van der Waals surface area contributed by atoms with Crippen molar-refractivity contribution in [3.8, 4) is 11.4 Å². The number of benzene rings is 3. The highest BCUT2D eigenvalue weighted by Crippen LogP contribution is 2.28. The van der Waals surface area contributed by atoms with Crippen LogP contribution < -0.4 is 20.9 Å². The van der Waals surface area contributed by atoms with Gasteiger partial charge in [0.15, 0.2) is 0 Å². The number of H-pyrrole nitrogens is 1. The number of aromatic nitrogens is 2. The number of hydrogen-bond acceptors (Lipinski definition) is 2. The van der Waals surface area contributed by atoms with E-state index < -0.39 is 0 Å². The Kier molecular flexibility index (Phi) is 4.85. The Labute approximate surface area is 163 Å². The van der Waals surface area contributed by atoms with E-state index >= 15 is 0 Å². The highest BCUT2D eigenvalue weighted by Gasteiger charge is 2.09. The van der Waals surface area contributed by atoms with Crippen molar-refractivity contribution in [1.82, 2.24) is 9.78 Å². The highest BCUT2D eigenvalue weighted by molar-refractivity contribution is 5.93. The maximum atomic E-state index is 13.1. The van der Waals surface area contributed by atoms with Crippen LogP contribution in [0.15, 0.2) is 71.5 Å². The Morgan fingerprint density at radius 1 is 1.04 bits per heavy atom. The molecule has 0 saturated carbocycles. The first-order chi connectivity index (χ1) is 13.7. The minimum Gasteiger partial charge on any atom is -0.493 e. The molecule has 0 atom stereocenters. The van der Waals surface area contributed by atoms with Crippen LogP contribution in [0.3, 0.4) is 0 Å². The van der Waals surface area contributed by atoms with E-state index in [1.165, 1.54) is 4.68 Å². The molecule has 4 heteroatoms. The zero-order chi connectivity index (χ0) is 19.5. The van der Waals surface area contributed by atoms with Crippen LogP contribution in [-0.2, 0) is 0 Å². The zero-order valence-electron chi connectivity index (χ0n) is 15.8. The minimum absolute atomic E-state index is 0.134. The normalized spacial score (nSPS) is 11.8. The van der Waals surface area contributed by atoms with Crippen molar-refractivity contribution >= 4 is 23.4 Å². The van der Waals surface area contributed by atoms with Crippen LogP contribution in [0.2, 0.25) is 0 Å². The number of para-hydroxylation sites is 1. The number of hydrogen-bond donors (Lipinski definition) is 1. The number of nitrogens with zero attached hydrogens (tertiary/aromatic N) is 1. The predicted octanol–water partition coefficient (Wildman–Crippen LogP) is 3.35. The van der Waals surface area contributed by atoms with Gasteiger partial charge >= 0.3 is 0 Å². The topological polar surface area (TPSA) is 47.0 Å². The molecule has 1 heterocycles. The molecule has 28 heavy (non-hydrogen) atoms. The van der Waals surface area contributed by atoms with Gasteiger partial charge in [0.1, 0.15) is 5.75 Å². The number of ether oxygens (including phenoxy) is 1. The van der Waals surface area contributed by atoms with E-state index in [0.29, 0.717) is 17.2 Å². The van der Waals surface area contributed by atoms with Gasteiger partial charge in [0, 0.05) is 5.56 Å². The summed E-state index contributed by atoms with van der Waals surface area (Å²) in [5.41, 5.74) is 1.54. The molecule has 0 radical (unpaired) electrons.